The van der Waals surface area contributed by atoms with Crippen LogP contribution >= 0.6 is 0 Å². The zero-order valence-electron chi connectivity index (χ0n) is 14.4. The summed E-state index contributed by atoms with van der Waals surface area (Å²) in [5, 5.41) is 20.4. The molecule has 1 saturated heterocycles. The van der Waals surface area contributed by atoms with Crippen LogP contribution in [0.3, 0.4) is 0 Å². The summed E-state index contributed by atoms with van der Waals surface area (Å²) in [7, 11) is 0. The number of carbonyl (C=O) groups is 1. The van der Waals surface area contributed by atoms with Gasteiger partial charge in [-0.1, -0.05) is 48.5 Å². The highest BCUT2D eigenvalue weighted by Gasteiger charge is 2.41. The molecule has 0 saturated carbocycles. The van der Waals surface area contributed by atoms with Crippen molar-refractivity contribution >= 4 is 11.7 Å². The van der Waals surface area contributed by atoms with E-state index in [1.807, 2.05) is 65.6 Å². The van der Waals surface area contributed by atoms with Gasteiger partial charge in [-0.25, -0.2) is 0 Å². The number of hydrogen-bond acceptors (Lipinski definition) is 4. The lowest BCUT2D eigenvalue weighted by Gasteiger charge is -2.50. The molecule has 2 aromatic rings. The molecule has 0 bridgehead atoms. The van der Waals surface area contributed by atoms with Crippen LogP contribution in [0.4, 0.5) is 5.69 Å². The lowest BCUT2D eigenvalue weighted by Crippen LogP contribution is -2.65. The standard InChI is InChI=1S/C20H24N2O3/c1-20(25)15-21(13-16-8-4-2-5-9-16)18(12-19(23)24)14-22(20)17-10-6-3-7-11-17/h2-11,18,25H,12-15H2,1H3,(H,23,24)/t18-,20?/m1/s1. The lowest BCUT2D eigenvalue weighted by molar-refractivity contribution is -0.139. The van der Waals surface area contributed by atoms with Gasteiger partial charge in [-0.3, -0.25) is 9.69 Å². The largest absolute Gasteiger partial charge is 0.481 e. The van der Waals surface area contributed by atoms with Crippen molar-refractivity contribution in [1.82, 2.24) is 4.90 Å². The second-order valence-electron chi connectivity index (χ2n) is 6.81. The third-order valence-electron chi connectivity index (χ3n) is 4.70. The molecule has 5 heteroatoms. The van der Waals surface area contributed by atoms with Crippen LogP contribution in [-0.2, 0) is 11.3 Å². The molecule has 1 fully saturated rings. The molecule has 2 atom stereocenters. The van der Waals surface area contributed by atoms with Crippen molar-refractivity contribution in [3.8, 4) is 0 Å². The van der Waals surface area contributed by atoms with E-state index in [1.165, 1.54) is 0 Å². The molecule has 1 heterocycles. The highest BCUT2D eigenvalue weighted by atomic mass is 16.4. The topological polar surface area (TPSA) is 64.0 Å². The average molecular weight is 340 g/mol. The lowest BCUT2D eigenvalue weighted by atomic mass is 9.99. The fraction of sp³-hybridized carbons (Fsp3) is 0.350. The maximum absolute atomic E-state index is 11.4. The predicted molar refractivity (Wildman–Crippen MR) is 97.3 cm³/mol. The normalized spacial score (nSPS) is 24.2. The van der Waals surface area contributed by atoms with Crippen molar-refractivity contribution < 1.29 is 15.0 Å². The van der Waals surface area contributed by atoms with Crippen LogP contribution in [0.2, 0.25) is 0 Å². The Kier molecular flexibility index (Phi) is 5.06. The molecule has 2 N–H and O–H groups in total. The number of carboxylic acid groups (broad SMARTS) is 1. The van der Waals surface area contributed by atoms with Crippen molar-refractivity contribution in [2.75, 3.05) is 18.0 Å². The summed E-state index contributed by atoms with van der Waals surface area (Å²) >= 11 is 0. The SMILES string of the molecule is CC1(O)CN(Cc2ccccc2)[C@H](CC(=O)O)CN1c1ccccc1. The Morgan fingerprint density at radius 3 is 2.32 bits per heavy atom. The minimum atomic E-state index is -1.06. The number of β-amino-alcohol motifs (C(OH)–C–C–N with tert-alkyl or cyclic N) is 1. The highest BCUT2D eigenvalue weighted by Crippen LogP contribution is 2.30. The van der Waals surface area contributed by atoms with E-state index < -0.39 is 11.7 Å². The van der Waals surface area contributed by atoms with Crippen LogP contribution in [0.1, 0.15) is 18.9 Å². The van der Waals surface area contributed by atoms with Gasteiger partial charge < -0.3 is 15.1 Å². The number of hydrogen-bond donors (Lipinski definition) is 2. The Bertz CT molecular complexity index is 703. The fourth-order valence-corrected chi connectivity index (χ4v) is 3.51. The van der Waals surface area contributed by atoms with E-state index in [9.17, 15) is 15.0 Å². The molecule has 3 rings (SSSR count). The van der Waals surface area contributed by atoms with Gasteiger partial charge in [-0.2, -0.15) is 0 Å². The number of para-hydroxylation sites is 1. The Labute approximate surface area is 148 Å². The first-order valence-corrected chi connectivity index (χ1v) is 8.50. The zero-order valence-corrected chi connectivity index (χ0v) is 14.4. The van der Waals surface area contributed by atoms with Crippen molar-refractivity contribution in [1.29, 1.82) is 0 Å². The minimum absolute atomic E-state index is 0.0479. The van der Waals surface area contributed by atoms with Gasteiger partial charge in [-0.15, -0.1) is 0 Å². The van der Waals surface area contributed by atoms with Crippen LogP contribution < -0.4 is 4.90 Å². The van der Waals surface area contributed by atoms with Crippen molar-refractivity contribution in [2.24, 2.45) is 0 Å². The molecule has 1 aliphatic heterocycles. The van der Waals surface area contributed by atoms with Gasteiger partial charge in [0.05, 0.1) is 6.42 Å². The van der Waals surface area contributed by atoms with Crippen molar-refractivity contribution in [3.05, 3.63) is 66.2 Å². The number of piperazine rings is 1. The van der Waals surface area contributed by atoms with Gasteiger partial charge in [-0.05, 0) is 24.6 Å². The quantitative estimate of drug-likeness (QED) is 0.876. The Hall–Kier alpha value is -2.37. The molecule has 0 spiro atoms. The Morgan fingerprint density at radius 2 is 1.72 bits per heavy atom. The van der Waals surface area contributed by atoms with E-state index in [4.69, 9.17) is 0 Å². The monoisotopic (exact) mass is 340 g/mol. The van der Waals surface area contributed by atoms with Crippen LogP contribution in [0, 0.1) is 0 Å². The summed E-state index contributed by atoms with van der Waals surface area (Å²) in [5.41, 5.74) is 0.953. The van der Waals surface area contributed by atoms with Crippen LogP contribution in [0.25, 0.3) is 0 Å². The molecule has 0 radical (unpaired) electrons. The van der Waals surface area contributed by atoms with Gasteiger partial charge >= 0.3 is 5.97 Å². The van der Waals surface area contributed by atoms with E-state index in [0.717, 1.165) is 11.3 Å². The first-order chi connectivity index (χ1) is 12.0. The first kappa shape index (κ1) is 17.5. The van der Waals surface area contributed by atoms with Gasteiger partial charge in [0.15, 0.2) is 0 Å². The van der Waals surface area contributed by atoms with Gasteiger partial charge in [0.2, 0.25) is 0 Å². The summed E-state index contributed by atoms with van der Waals surface area (Å²) in [4.78, 5) is 15.3. The molecule has 0 amide bonds. The van der Waals surface area contributed by atoms with E-state index in [-0.39, 0.29) is 12.5 Å². The van der Waals surface area contributed by atoms with E-state index in [0.29, 0.717) is 19.6 Å². The summed E-state index contributed by atoms with van der Waals surface area (Å²) in [6.07, 6.45) is 0.0479. The molecule has 25 heavy (non-hydrogen) atoms. The first-order valence-electron chi connectivity index (χ1n) is 8.50. The summed E-state index contributed by atoms with van der Waals surface area (Å²) in [6, 6.07) is 19.4. The molecular weight excluding hydrogens is 316 g/mol. The number of rotatable bonds is 5. The minimum Gasteiger partial charge on any atom is -0.481 e. The van der Waals surface area contributed by atoms with E-state index >= 15 is 0 Å². The van der Waals surface area contributed by atoms with Crippen LogP contribution in [0.5, 0.6) is 0 Å². The zero-order chi connectivity index (χ0) is 17.9. The molecule has 2 aromatic carbocycles. The highest BCUT2D eigenvalue weighted by molar-refractivity contribution is 5.68. The molecule has 0 aliphatic carbocycles. The van der Waals surface area contributed by atoms with E-state index in [1.54, 1.807) is 6.92 Å². The molecular formula is C20H24N2O3. The second kappa shape index (κ2) is 7.25. The number of carboxylic acids is 1. The van der Waals surface area contributed by atoms with Gasteiger partial charge in [0.25, 0.3) is 0 Å². The van der Waals surface area contributed by atoms with Crippen molar-refractivity contribution in [2.45, 2.75) is 31.7 Å². The van der Waals surface area contributed by atoms with Crippen LogP contribution in [-0.4, -0.2) is 45.9 Å². The third-order valence-corrected chi connectivity index (χ3v) is 4.70. The number of benzene rings is 2. The Morgan fingerprint density at radius 1 is 1.12 bits per heavy atom. The van der Waals surface area contributed by atoms with Crippen molar-refractivity contribution in [3.63, 3.8) is 0 Å². The number of aliphatic carboxylic acids is 1. The third kappa shape index (κ3) is 4.18. The fourth-order valence-electron chi connectivity index (χ4n) is 3.51. The molecule has 132 valence electrons. The van der Waals surface area contributed by atoms with E-state index in [2.05, 4.69) is 4.90 Å². The maximum Gasteiger partial charge on any atom is 0.305 e. The smallest absolute Gasteiger partial charge is 0.305 e. The predicted octanol–water partition coefficient (Wildman–Crippen LogP) is 2.56. The number of anilines is 1. The summed E-state index contributed by atoms with van der Waals surface area (Å²) in [6.45, 7) is 3.26. The molecule has 0 aromatic heterocycles. The maximum atomic E-state index is 11.4. The number of nitrogens with zero attached hydrogens (tertiary/aromatic N) is 2. The molecule has 5 nitrogen and oxygen atoms in total. The molecule has 1 aliphatic rings. The van der Waals surface area contributed by atoms with Gasteiger partial charge in [0.1, 0.15) is 5.72 Å². The summed E-state index contributed by atoms with van der Waals surface area (Å²) in [5.74, 6) is -0.822. The second-order valence-corrected chi connectivity index (χ2v) is 6.81. The summed E-state index contributed by atoms with van der Waals surface area (Å²) < 4.78 is 0. The number of aliphatic hydroxyl groups is 1. The van der Waals surface area contributed by atoms with Gasteiger partial charge in [0, 0.05) is 31.4 Å². The Balaban J connectivity index is 1.85. The molecule has 1 unspecified atom stereocenters. The average Bonchev–Trinajstić information content (AvgIpc) is 2.58. The van der Waals surface area contributed by atoms with Crippen LogP contribution in [0.15, 0.2) is 60.7 Å².